The van der Waals surface area contributed by atoms with Crippen LogP contribution in [0.3, 0.4) is 0 Å². The lowest BCUT2D eigenvalue weighted by Crippen LogP contribution is -1.99. The van der Waals surface area contributed by atoms with Crippen molar-refractivity contribution in [1.82, 2.24) is 9.97 Å². The Morgan fingerprint density at radius 3 is 2.00 bits per heavy atom. The summed E-state index contributed by atoms with van der Waals surface area (Å²) in [5.41, 5.74) is 2.54. The molecule has 6 heteroatoms. The Bertz CT molecular complexity index is 675. The Morgan fingerprint density at radius 1 is 0.947 bits per heavy atom. The SMILES string of the molecule is Cc1ccc(S(=O)(=O)Sc2nc(C)cc(C)n2)cc1. The molecule has 0 amide bonds. The van der Waals surface area contributed by atoms with Crippen LogP contribution in [0, 0.1) is 20.8 Å². The fourth-order valence-electron chi connectivity index (χ4n) is 1.58. The van der Waals surface area contributed by atoms with E-state index in [4.69, 9.17) is 0 Å². The van der Waals surface area contributed by atoms with Gasteiger partial charge < -0.3 is 0 Å². The zero-order chi connectivity index (χ0) is 14.0. The maximum absolute atomic E-state index is 12.2. The summed E-state index contributed by atoms with van der Waals surface area (Å²) < 4.78 is 24.4. The predicted molar refractivity (Wildman–Crippen MR) is 75.7 cm³/mol. The Hall–Kier alpha value is -1.40. The molecule has 0 saturated heterocycles. The van der Waals surface area contributed by atoms with Gasteiger partial charge in [0, 0.05) is 11.4 Å². The van der Waals surface area contributed by atoms with E-state index in [0.29, 0.717) is 10.8 Å². The van der Waals surface area contributed by atoms with Crippen molar-refractivity contribution >= 4 is 19.7 Å². The van der Waals surface area contributed by atoms with Crippen molar-refractivity contribution in [3.63, 3.8) is 0 Å². The van der Waals surface area contributed by atoms with Gasteiger partial charge in [0.1, 0.15) is 0 Å². The van der Waals surface area contributed by atoms with Crippen molar-refractivity contribution in [2.45, 2.75) is 30.8 Å². The minimum atomic E-state index is -3.47. The third-order valence-corrected chi connectivity index (χ3v) is 5.54. The van der Waals surface area contributed by atoms with E-state index in [9.17, 15) is 8.42 Å². The third kappa shape index (κ3) is 3.54. The predicted octanol–water partition coefficient (Wildman–Crippen LogP) is 2.88. The van der Waals surface area contributed by atoms with E-state index in [1.165, 1.54) is 0 Å². The second-order valence-electron chi connectivity index (χ2n) is 4.28. The van der Waals surface area contributed by atoms with Crippen molar-refractivity contribution in [1.29, 1.82) is 0 Å². The molecule has 0 bridgehead atoms. The molecule has 2 rings (SSSR count). The molecule has 0 aliphatic heterocycles. The lowest BCUT2D eigenvalue weighted by atomic mass is 10.2. The normalized spacial score (nSPS) is 11.5. The largest absolute Gasteiger partial charge is 0.237 e. The number of nitrogens with zero attached hydrogens (tertiary/aromatic N) is 2. The summed E-state index contributed by atoms with van der Waals surface area (Å²) in [6.07, 6.45) is 0. The molecule has 0 spiro atoms. The molecule has 1 aromatic carbocycles. The summed E-state index contributed by atoms with van der Waals surface area (Å²) in [5, 5.41) is 0.262. The minimum absolute atomic E-state index is 0.262. The topological polar surface area (TPSA) is 59.9 Å². The number of rotatable bonds is 3. The van der Waals surface area contributed by atoms with Gasteiger partial charge in [0.05, 0.1) is 15.7 Å². The molecule has 0 radical (unpaired) electrons. The maximum atomic E-state index is 12.2. The number of aromatic nitrogens is 2. The van der Waals surface area contributed by atoms with Gasteiger partial charge in [-0.1, -0.05) is 17.7 Å². The molecule has 0 unspecified atom stereocenters. The van der Waals surface area contributed by atoms with E-state index >= 15 is 0 Å². The molecule has 1 heterocycles. The van der Waals surface area contributed by atoms with Crippen LogP contribution in [0.5, 0.6) is 0 Å². The van der Waals surface area contributed by atoms with Gasteiger partial charge in [-0.05, 0) is 39.0 Å². The van der Waals surface area contributed by atoms with Gasteiger partial charge in [-0.25, -0.2) is 18.4 Å². The first kappa shape index (κ1) is 14.0. The van der Waals surface area contributed by atoms with Crippen LogP contribution < -0.4 is 0 Å². The van der Waals surface area contributed by atoms with E-state index in [1.54, 1.807) is 24.3 Å². The van der Waals surface area contributed by atoms with Crippen LogP contribution in [-0.4, -0.2) is 18.4 Å². The van der Waals surface area contributed by atoms with E-state index in [-0.39, 0.29) is 10.1 Å². The molecule has 0 aliphatic rings. The van der Waals surface area contributed by atoms with Crippen molar-refractivity contribution in [2.75, 3.05) is 0 Å². The van der Waals surface area contributed by atoms with Gasteiger partial charge >= 0.3 is 0 Å². The molecular formula is C13H14N2O2S2. The minimum Gasteiger partial charge on any atom is -0.227 e. The zero-order valence-corrected chi connectivity index (χ0v) is 12.5. The second kappa shape index (κ2) is 5.30. The summed E-state index contributed by atoms with van der Waals surface area (Å²) in [6.45, 7) is 5.55. The average Bonchev–Trinajstić information content (AvgIpc) is 2.27. The maximum Gasteiger partial charge on any atom is 0.237 e. The molecular weight excluding hydrogens is 280 g/mol. The molecule has 0 N–H and O–H groups in total. The molecule has 1 aromatic heterocycles. The Labute approximate surface area is 116 Å². The van der Waals surface area contributed by atoms with Crippen molar-refractivity contribution < 1.29 is 8.42 Å². The highest BCUT2D eigenvalue weighted by Gasteiger charge is 2.18. The Morgan fingerprint density at radius 2 is 1.47 bits per heavy atom. The second-order valence-corrected chi connectivity index (χ2v) is 8.01. The molecule has 4 nitrogen and oxygen atoms in total. The average molecular weight is 294 g/mol. The first-order valence-corrected chi connectivity index (χ1v) is 8.52. The Balaban J connectivity index is 2.33. The number of hydrogen-bond acceptors (Lipinski definition) is 5. The monoisotopic (exact) mass is 294 g/mol. The third-order valence-electron chi connectivity index (χ3n) is 2.46. The molecule has 2 aromatic rings. The lowest BCUT2D eigenvalue weighted by Gasteiger charge is -2.04. The van der Waals surface area contributed by atoms with Crippen molar-refractivity contribution in [3.8, 4) is 0 Å². The van der Waals surface area contributed by atoms with Gasteiger partial charge in [0.2, 0.25) is 14.0 Å². The highest BCUT2D eigenvalue weighted by Crippen LogP contribution is 2.28. The first-order chi connectivity index (χ1) is 8.87. The highest BCUT2D eigenvalue weighted by molar-refractivity contribution is 8.72. The molecule has 19 heavy (non-hydrogen) atoms. The number of benzene rings is 1. The van der Waals surface area contributed by atoms with Crippen LogP contribution in [0.25, 0.3) is 0 Å². The summed E-state index contributed by atoms with van der Waals surface area (Å²) in [4.78, 5) is 8.54. The van der Waals surface area contributed by atoms with E-state index < -0.39 is 8.87 Å². The molecule has 100 valence electrons. The smallest absolute Gasteiger partial charge is 0.227 e. The highest BCUT2D eigenvalue weighted by atomic mass is 33.1. The molecule has 0 atom stereocenters. The molecule has 0 saturated carbocycles. The van der Waals surface area contributed by atoms with Crippen LogP contribution in [0.1, 0.15) is 17.0 Å². The van der Waals surface area contributed by atoms with Gasteiger partial charge in [-0.15, -0.1) is 0 Å². The van der Waals surface area contributed by atoms with Crippen LogP contribution in [-0.2, 0) is 8.87 Å². The standard InChI is InChI=1S/C13H14N2O2S2/c1-9-4-6-12(7-5-9)19(16,17)18-13-14-10(2)8-11(3)15-13/h4-8H,1-3H3. The van der Waals surface area contributed by atoms with E-state index in [0.717, 1.165) is 17.0 Å². The summed E-state index contributed by atoms with van der Waals surface area (Å²) in [6, 6.07) is 8.55. The van der Waals surface area contributed by atoms with Gasteiger partial charge in [-0.2, -0.15) is 0 Å². The van der Waals surface area contributed by atoms with Crippen molar-refractivity contribution in [2.24, 2.45) is 0 Å². The van der Waals surface area contributed by atoms with Crippen molar-refractivity contribution in [3.05, 3.63) is 47.3 Å². The number of aryl methyl sites for hydroxylation is 3. The van der Waals surface area contributed by atoms with Crippen LogP contribution >= 0.6 is 10.8 Å². The number of hydrogen-bond donors (Lipinski definition) is 0. The van der Waals surface area contributed by atoms with Gasteiger partial charge in [0.15, 0.2) is 0 Å². The lowest BCUT2D eigenvalue weighted by molar-refractivity contribution is 0.610. The first-order valence-electron chi connectivity index (χ1n) is 5.70. The summed E-state index contributed by atoms with van der Waals surface area (Å²) in [7, 11) is -2.79. The van der Waals surface area contributed by atoms with Crippen LogP contribution in [0.4, 0.5) is 0 Å². The molecule has 0 aliphatic carbocycles. The van der Waals surface area contributed by atoms with Crippen LogP contribution in [0.15, 0.2) is 40.4 Å². The molecule has 0 fully saturated rings. The van der Waals surface area contributed by atoms with Gasteiger partial charge in [0.25, 0.3) is 0 Å². The quantitative estimate of drug-likeness (QED) is 0.643. The van der Waals surface area contributed by atoms with Gasteiger partial charge in [-0.3, -0.25) is 0 Å². The Kier molecular flexibility index (Phi) is 3.91. The summed E-state index contributed by atoms with van der Waals surface area (Å²) >= 11 is 0. The fourth-order valence-corrected chi connectivity index (χ4v) is 4.14. The summed E-state index contributed by atoms with van der Waals surface area (Å²) in [5.74, 6) is 0. The fraction of sp³-hybridized carbons (Fsp3) is 0.231. The zero-order valence-electron chi connectivity index (χ0n) is 10.9. The van der Waals surface area contributed by atoms with E-state index in [1.807, 2.05) is 26.8 Å². The van der Waals surface area contributed by atoms with E-state index in [2.05, 4.69) is 9.97 Å². The van der Waals surface area contributed by atoms with Crippen LogP contribution in [0.2, 0.25) is 0 Å².